The third-order valence-corrected chi connectivity index (χ3v) is 3.43. The maximum atomic E-state index is 11.2. The SMILES string of the molecule is COCOC1C(=O)NC1CCC1CCC1. The first-order chi connectivity index (χ1) is 7.31. The summed E-state index contributed by atoms with van der Waals surface area (Å²) in [4.78, 5) is 11.2. The molecule has 2 unspecified atom stereocenters. The van der Waals surface area contributed by atoms with Crippen LogP contribution >= 0.6 is 0 Å². The summed E-state index contributed by atoms with van der Waals surface area (Å²) in [6.07, 6.45) is 6.10. The van der Waals surface area contributed by atoms with Crippen LogP contribution in [-0.4, -0.2) is 32.0 Å². The van der Waals surface area contributed by atoms with E-state index in [2.05, 4.69) is 5.32 Å². The lowest BCUT2D eigenvalue weighted by Crippen LogP contribution is -2.63. The van der Waals surface area contributed by atoms with E-state index in [4.69, 9.17) is 9.47 Å². The summed E-state index contributed by atoms with van der Waals surface area (Å²) in [6.45, 7) is 0.206. The second-order valence-corrected chi connectivity index (χ2v) is 4.48. The quantitative estimate of drug-likeness (QED) is 0.530. The van der Waals surface area contributed by atoms with Crippen LogP contribution in [0.1, 0.15) is 32.1 Å². The van der Waals surface area contributed by atoms with Crippen LogP contribution in [0.5, 0.6) is 0 Å². The summed E-state index contributed by atoms with van der Waals surface area (Å²) in [5.74, 6) is 0.899. The lowest BCUT2D eigenvalue weighted by molar-refractivity contribution is -0.161. The van der Waals surface area contributed by atoms with Gasteiger partial charge in [-0.1, -0.05) is 19.3 Å². The van der Waals surface area contributed by atoms with Crippen LogP contribution in [0.4, 0.5) is 0 Å². The van der Waals surface area contributed by atoms with E-state index in [-0.39, 0.29) is 24.8 Å². The highest BCUT2D eigenvalue weighted by Crippen LogP contribution is 2.32. The van der Waals surface area contributed by atoms with Gasteiger partial charge in [0.15, 0.2) is 6.10 Å². The zero-order valence-corrected chi connectivity index (χ0v) is 9.20. The summed E-state index contributed by atoms with van der Waals surface area (Å²) in [5, 5.41) is 2.89. The number of methoxy groups -OCH3 is 1. The Balaban J connectivity index is 1.65. The Kier molecular flexibility index (Phi) is 3.59. The number of β-lactam (4-membered cyclic amide) rings is 1. The Bertz CT molecular complexity index is 228. The third-order valence-electron chi connectivity index (χ3n) is 3.43. The van der Waals surface area contributed by atoms with Crippen LogP contribution in [-0.2, 0) is 14.3 Å². The van der Waals surface area contributed by atoms with Crippen molar-refractivity contribution in [2.75, 3.05) is 13.9 Å². The normalized spacial score (nSPS) is 30.6. The number of ether oxygens (including phenoxy) is 2. The van der Waals surface area contributed by atoms with Gasteiger partial charge in [-0.25, -0.2) is 0 Å². The molecule has 1 saturated carbocycles. The Morgan fingerprint density at radius 2 is 2.20 bits per heavy atom. The number of rotatable bonds is 6. The van der Waals surface area contributed by atoms with E-state index in [1.807, 2.05) is 0 Å². The van der Waals surface area contributed by atoms with Crippen LogP contribution in [0, 0.1) is 5.92 Å². The lowest BCUT2D eigenvalue weighted by Gasteiger charge is -2.37. The molecule has 1 saturated heterocycles. The van der Waals surface area contributed by atoms with Gasteiger partial charge in [0, 0.05) is 7.11 Å². The van der Waals surface area contributed by atoms with E-state index >= 15 is 0 Å². The van der Waals surface area contributed by atoms with Gasteiger partial charge in [0.05, 0.1) is 6.04 Å². The standard InChI is InChI=1S/C11H19NO3/c1-14-7-15-10-9(12-11(10)13)6-5-8-3-2-4-8/h8-10H,2-7H2,1H3,(H,12,13). The van der Waals surface area contributed by atoms with Crippen molar-refractivity contribution in [3.63, 3.8) is 0 Å². The van der Waals surface area contributed by atoms with Crippen molar-refractivity contribution in [2.45, 2.75) is 44.2 Å². The molecule has 0 aromatic heterocycles. The molecule has 86 valence electrons. The molecule has 15 heavy (non-hydrogen) atoms. The Labute approximate surface area is 90.3 Å². The molecule has 0 spiro atoms. The Hall–Kier alpha value is -0.610. The summed E-state index contributed by atoms with van der Waals surface area (Å²) in [7, 11) is 1.57. The minimum absolute atomic E-state index is 0.00524. The van der Waals surface area contributed by atoms with Crippen LogP contribution in [0.15, 0.2) is 0 Å². The number of carbonyl (C=O) groups is 1. The summed E-state index contributed by atoms with van der Waals surface area (Å²) in [5.41, 5.74) is 0. The van der Waals surface area contributed by atoms with Gasteiger partial charge in [0.2, 0.25) is 0 Å². The third kappa shape index (κ3) is 2.49. The van der Waals surface area contributed by atoms with E-state index in [9.17, 15) is 4.79 Å². The molecule has 1 aliphatic carbocycles. The molecule has 1 amide bonds. The maximum Gasteiger partial charge on any atom is 0.251 e. The predicted molar refractivity (Wildman–Crippen MR) is 55.3 cm³/mol. The maximum absolute atomic E-state index is 11.2. The summed E-state index contributed by atoms with van der Waals surface area (Å²) in [6, 6.07) is 0.216. The highest BCUT2D eigenvalue weighted by atomic mass is 16.7. The van der Waals surface area contributed by atoms with E-state index in [1.165, 1.54) is 25.7 Å². The van der Waals surface area contributed by atoms with Crippen molar-refractivity contribution in [3.8, 4) is 0 Å². The number of nitrogens with one attached hydrogen (secondary N) is 1. The average molecular weight is 213 g/mol. The zero-order valence-electron chi connectivity index (χ0n) is 9.20. The number of hydrogen-bond acceptors (Lipinski definition) is 3. The van der Waals surface area contributed by atoms with E-state index in [1.54, 1.807) is 7.11 Å². The fourth-order valence-electron chi connectivity index (χ4n) is 2.18. The molecule has 0 aromatic rings. The van der Waals surface area contributed by atoms with Gasteiger partial charge in [-0.2, -0.15) is 0 Å². The van der Waals surface area contributed by atoms with Gasteiger partial charge >= 0.3 is 0 Å². The fraction of sp³-hybridized carbons (Fsp3) is 0.909. The minimum atomic E-state index is -0.273. The van der Waals surface area contributed by atoms with E-state index < -0.39 is 0 Å². The first kappa shape index (κ1) is 10.9. The minimum Gasteiger partial charge on any atom is -0.359 e. The van der Waals surface area contributed by atoms with Crippen molar-refractivity contribution in [3.05, 3.63) is 0 Å². The Morgan fingerprint density at radius 1 is 1.40 bits per heavy atom. The molecule has 0 aromatic carbocycles. The van der Waals surface area contributed by atoms with Crippen LogP contribution in [0.2, 0.25) is 0 Å². The first-order valence-corrected chi connectivity index (χ1v) is 5.72. The number of carbonyl (C=O) groups excluding carboxylic acids is 1. The van der Waals surface area contributed by atoms with Gasteiger partial charge in [-0.3, -0.25) is 4.79 Å². The van der Waals surface area contributed by atoms with Gasteiger partial charge in [0.1, 0.15) is 6.79 Å². The van der Waals surface area contributed by atoms with Crippen LogP contribution < -0.4 is 5.32 Å². The molecule has 1 aliphatic heterocycles. The average Bonchev–Trinajstić information content (AvgIpc) is 2.14. The molecule has 2 fully saturated rings. The number of hydrogen-bond donors (Lipinski definition) is 1. The monoisotopic (exact) mass is 213 g/mol. The molecule has 2 atom stereocenters. The van der Waals surface area contributed by atoms with E-state index in [0.29, 0.717) is 0 Å². The lowest BCUT2D eigenvalue weighted by atomic mass is 9.80. The van der Waals surface area contributed by atoms with Crippen LogP contribution in [0.25, 0.3) is 0 Å². The predicted octanol–water partition coefficient (Wildman–Crippen LogP) is 1.05. The largest absolute Gasteiger partial charge is 0.359 e. The van der Waals surface area contributed by atoms with Crippen molar-refractivity contribution in [1.29, 1.82) is 0 Å². The highest BCUT2D eigenvalue weighted by molar-refractivity contribution is 5.88. The van der Waals surface area contributed by atoms with Crippen molar-refractivity contribution < 1.29 is 14.3 Å². The van der Waals surface area contributed by atoms with Crippen molar-refractivity contribution in [2.24, 2.45) is 5.92 Å². The molecular weight excluding hydrogens is 194 g/mol. The smallest absolute Gasteiger partial charge is 0.251 e. The summed E-state index contributed by atoms with van der Waals surface area (Å²) < 4.78 is 10.1. The molecule has 1 N–H and O–H groups in total. The van der Waals surface area contributed by atoms with Crippen LogP contribution in [0.3, 0.4) is 0 Å². The molecule has 2 aliphatic rings. The second-order valence-electron chi connectivity index (χ2n) is 4.48. The highest BCUT2D eigenvalue weighted by Gasteiger charge is 2.40. The topological polar surface area (TPSA) is 47.6 Å². The Morgan fingerprint density at radius 3 is 2.73 bits per heavy atom. The molecular formula is C11H19NO3. The van der Waals surface area contributed by atoms with Gasteiger partial charge in [-0.15, -0.1) is 0 Å². The van der Waals surface area contributed by atoms with Gasteiger partial charge in [-0.05, 0) is 18.8 Å². The fourth-order valence-corrected chi connectivity index (χ4v) is 2.18. The molecule has 4 nitrogen and oxygen atoms in total. The summed E-state index contributed by atoms with van der Waals surface area (Å²) >= 11 is 0. The molecule has 4 heteroatoms. The second kappa shape index (κ2) is 4.94. The molecule has 0 radical (unpaired) electrons. The van der Waals surface area contributed by atoms with E-state index in [0.717, 1.165) is 12.3 Å². The van der Waals surface area contributed by atoms with Crippen molar-refractivity contribution in [1.82, 2.24) is 5.32 Å². The number of amides is 1. The van der Waals surface area contributed by atoms with Crippen molar-refractivity contribution >= 4 is 5.91 Å². The van der Waals surface area contributed by atoms with Gasteiger partial charge < -0.3 is 14.8 Å². The zero-order chi connectivity index (χ0) is 10.7. The molecule has 2 rings (SSSR count). The molecule has 1 heterocycles. The first-order valence-electron chi connectivity index (χ1n) is 5.72. The van der Waals surface area contributed by atoms with Gasteiger partial charge in [0.25, 0.3) is 5.91 Å². The molecule has 0 bridgehead atoms.